The molecule has 0 bridgehead atoms. The van der Waals surface area contributed by atoms with Gasteiger partial charge in [-0.15, -0.1) is 0 Å². The van der Waals surface area contributed by atoms with Gasteiger partial charge in [0.2, 0.25) is 5.91 Å². The van der Waals surface area contributed by atoms with E-state index < -0.39 is 5.97 Å². The molecule has 1 aliphatic rings. The Morgan fingerprint density at radius 1 is 1.17 bits per heavy atom. The maximum absolute atomic E-state index is 12.0. The van der Waals surface area contributed by atoms with E-state index in [9.17, 15) is 9.59 Å². The van der Waals surface area contributed by atoms with Crippen molar-refractivity contribution in [1.82, 2.24) is 4.90 Å². The molecule has 2 aromatic rings. The van der Waals surface area contributed by atoms with Gasteiger partial charge in [-0.2, -0.15) is 0 Å². The smallest absolute Gasteiger partial charge is 0.323 e. The van der Waals surface area contributed by atoms with E-state index in [1.807, 2.05) is 36.4 Å². The molecule has 0 saturated carbocycles. The van der Waals surface area contributed by atoms with Gasteiger partial charge in [-0.25, -0.2) is 0 Å². The van der Waals surface area contributed by atoms with E-state index >= 15 is 0 Å². The van der Waals surface area contributed by atoms with Crippen molar-refractivity contribution < 1.29 is 24.2 Å². The molecule has 1 saturated heterocycles. The van der Waals surface area contributed by atoms with E-state index in [1.54, 1.807) is 12.1 Å². The van der Waals surface area contributed by atoms with Crippen molar-refractivity contribution in [3.8, 4) is 5.75 Å². The zero-order valence-corrected chi connectivity index (χ0v) is 15.8. The number of carboxylic acid groups (broad SMARTS) is 1. The summed E-state index contributed by atoms with van der Waals surface area (Å²) in [6.45, 7) is 0.294. The molecule has 1 atom stereocenters. The monoisotopic (exact) mass is 397 g/mol. The van der Waals surface area contributed by atoms with Gasteiger partial charge in [-0.1, -0.05) is 36.4 Å². The second-order valence-corrected chi connectivity index (χ2v) is 6.83. The fourth-order valence-electron chi connectivity index (χ4n) is 3.13. The number of carbonyl (C=O) groups is 2. The summed E-state index contributed by atoms with van der Waals surface area (Å²) >= 11 is 0. The van der Waals surface area contributed by atoms with Crippen LogP contribution in [0.3, 0.4) is 0 Å². The quantitative estimate of drug-likeness (QED) is 0.457. The van der Waals surface area contributed by atoms with Crippen molar-refractivity contribution in [2.75, 3.05) is 19.8 Å². The third-order valence-electron chi connectivity index (χ3n) is 4.67. The first-order valence-electron chi connectivity index (χ1n) is 9.16. The first-order valence-corrected chi connectivity index (χ1v) is 9.16. The SMILES string of the molecule is N=C(N)c1ccc(COc2ccc(C[C@H]3COCC(=O)N3CC(=O)O)cc2)cc1. The summed E-state index contributed by atoms with van der Waals surface area (Å²) in [5.41, 5.74) is 8.03. The van der Waals surface area contributed by atoms with Crippen molar-refractivity contribution in [1.29, 1.82) is 5.41 Å². The largest absolute Gasteiger partial charge is 0.489 e. The molecular weight excluding hydrogens is 374 g/mol. The number of hydrogen-bond donors (Lipinski definition) is 3. The second-order valence-electron chi connectivity index (χ2n) is 6.83. The predicted octanol–water partition coefficient (Wildman–Crippen LogP) is 1.40. The van der Waals surface area contributed by atoms with E-state index in [1.165, 1.54) is 4.90 Å². The van der Waals surface area contributed by atoms with Crippen LogP contribution in [0.15, 0.2) is 48.5 Å². The van der Waals surface area contributed by atoms with Crippen LogP contribution in [0.4, 0.5) is 0 Å². The van der Waals surface area contributed by atoms with E-state index in [0.29, 0.717) is 30.9 Å². The fourth-order valence-corrected chi connectivity index (χ4v) is 3.13. The molecular formula is C21H23N3O5. The van der Waals surface area contributed by atoms with Crippen LogP contribution in [-0.4, -0.2) is 53.5 Å². The van der Waals surface area contributed by atoms with Gasteiger partial charge < -0.3 is 25.2 Å². The minimum atomic E-state index is -1.04. The number of rotatable bonds is 8. The minimum Gasteiger partial charge on any atom is -0.489 e. The van der Waals surface area contributed by atoms with E-state index in [2.05, 4.69) is 0 Å². The summed E-state index contributed by atoms with van der Waals surface area (Å²) in [6.07, 6.45) is 0.506. The summed E-state index contributed by atoms with van der Waals surface area (Å²) < 4.78 is 11.1. The van der Waals surface area contributed by atoms with Crippen LogP contribution in [-0.2, 0) is 27.4 Å². The number of nitrogens with one attached hydrogen (secondary N) is 1. The molecule has 152 valence electrons. The summed E-state index contributed by atoms with van der Waals surface area (Å²) in [4.78, 5) is 24.4. The van der Waals surface area contributed by atoms with E-state index in [0.717, 1.165) is 11.1 Å². The average Bonchev–Trinajstić information content (AvgIpc) is 2.70. The molecule has 0 aromatic heterocycles. The van der Waals surface area contributed by atoms with Gasteiger partial charge >= 0.3 is 5.97 Å². The number of carbonyl (C=O) groups excluding carboxylic acids is 1. The van der Waals surface area contributed by atoms with Crippen LogP contribution in [0, 0.1) is 5.41 Å². The molecule has 1 heterocycles. The van der Waals surface area contributed by atoms with E-state index in [-0.39, 0.29) is 30.9 Å². The Kier molecular flexibility index (Phi) is 6.46. The number of ether oxygens (including phenoxy) is 2. The van der Waals surface area contributed by atoms with E-state index in [4.69, 9.17) is 25.7 Å². The van der Waals surface area contributed by atoms with Crippen molar-refractivity contribution in [2.24, 2.45) is 5.73 Å². The maximum Gasteiger partial charge on any atom is 0.323 e. The number of aliphatic carboxylic acids is 1. The molecule has 1 aliphatic heterocycles. The zero-order chi connectivity index (χ0) is 20.8. The molecule has 0 aliphatic carbocycles. The molecule has 1 amide bonds. The molecule has 8 nitrogen and oxygen atoms in total. The van der Waals surface area contributed by atoms with Gasteiger partial charge in [0.15, 0.2) is 0 Å². The van der Waals surface area contributed by atoms with Crippen LogP contribution < -0.4 is 10.5 Å². The lowest BCUT2D eigenvalue weighted by atomic mass is 10.0. The number of amides is 1. The molecule has 4 N–H and O–H groups in total. The number of benzene rings is 2. The highest BCUT2D eigenvalue weighted by atomic mass is 16.5. The number of nitrogen functional groups attached to an aromatic ring is 1. The Morgan fingerprint density at radius 2 is 1.83 bits per heavy atom. The normalized spacial score (nSPS) is 16.5. The molecule has 0 unspecified atom stereocenters. The maximum atomic E-state index is 12.0. The molecule has 0 spiro atoms. The molecule has 8 heteroatoms. The Morgan fingerprint density at radius 3 is 2.45 bits per heavy atom. The minimum absolute atomic E-state index is 0.0278. The Labute approximate surface area is 168 Å². The van der Waals surface area contributed by atoms with Gasteiger partial charge in [0.05, 0.1) is 12.6 Å². The molecule has 0 radical (unpaired) electrons. The summed E-state index contributed by atoms with van der Waals surface area (Å²) in [7, 11) is 0. The first-order chi connectivity index (χ1) is 13.9. The summed E-state index contributed by atoms with van der Waals surface area (Å²) in [5, 5.41) is 16.4. The van der Waals surface area contributed by atoms with Crippen LogP contribution in [0.1, 0.15) is 16.7 Å². The second kappa shape index (κ2) is 9.20. The average molecular weight is 397 g/mol. The lowest BCUT2D eigenvalue weighted by molar-refractivity contribution is -0.155. The first kappa shape index (κ1) is 20.3. The van der Waals surface area contributed by atoms with Crippen LogP contribution in [0.2, 0.25) is 0 Å². The highest BCUT2D eigenvalue weighted by molar-refractivity contribution is 5.94. The number of hydrogen-bond acceptors (Lipinski definition) is 5. The molecule has 3 rings (SSSR count). The van der Waals surface area contributed by atoms with Gasteiger partial charge in [0.1, 0.15) is 31.3 Å². The van der Waals surface area contributed by atoms with Crippen LogP contribution in [0.25, 0.3) is 0 Å². The van der Waals surface area contributed by atoms with Crippen LogP contribution >= 0.6 is 0 Å². The molecule has 1 fully saturated rings. The van der Waals surface area contributed by atoms with Crippen LogP contribution in [0.5, 0.6) is 5.75 Å². The molecule has 29 heavy (non-hydrogen) atoms. The van der Waals surface area contributed by atoms with Crippen molar-refractivity contribution in [3.63, 3.8) is 0 Å². The van der Waals surface area contributed by atoms with Crippen molar-refractivity contribution in [2.45, 2.75) is 19.1 Å². The highest BCUT2D eigenvalue weighted by Crippen LogP contribution is 2.18. The van der Waals surface area contributed by atoms with Crippen molar-refractivity contribution >= 4 is 17.7 Å². The number of carboxylic acids is 1. The number of amidine groups is 1. The standard InChI is InChI=1S/C21H23N3O5/c22-21(23)16-5-1-15(2-6-16)11-29-18-7-3-14(4-8-18)9-17-12-28-13-19(25)24(17)10-20(26)27/h1-8,17H,9-13H2,(H3,22,23)(H,26,27)/t17-/m0/s1. The van der Waals surface area contributed by atoms with Gasteiger partial charge in [0, 0.05) is 5.56 Å². The Balaban J connectivity index is 1.57. The third-order valence-corrected chi connectivity index (χ3v) is 4.67. The number of nitrogens with two attached hydrogens (primary N) is 1. The van der Waals surface area contributed by atoms with Crippen molar-refractivity contribution in [3.05, 3.63) is 65.2 Å². The predicted molar refractivity (Wildman–Crippen MR) is 106 cm³/mol. The highest BCUT2D eigenvalue weighted by Gasteiger charge is 2.30. The lowest BCUT2D eigenvalue weighted by Crippen LogP contribution is -2.52. The zero-order valence-electron chi connectivity index (χ0n) is 15.8. The summed E-state index contributed by atoms with van der Waals surface area (Å²) in [5.74, 6) is -0.618. The topological polar surface area (TPSA) is 126 Å². The third kappa shape index (κ3) is 5.55. The number of nitrogens with zero attached hydrogens (tertiary/aromatic N) is 1. The number of morpholine rings is 1. The lowest BCUT2D eigenvalue weighted by Gasteiger charge is -2.34. The molecule has 2 aromatic carbocycles. The summed E-state index contributed by atoms with van der Waals surface area (Å²) in [6, 6.07) is 14.4. The Hall–Kier alpha value is -3.39. The fraction of sp³-hybridized carbons (Fsp3) is 0.286. The van der Waals surface area contributed by atoms with Gasteiger partial charge in [-0.3, -0.25) is 15.0 Å². The Bertz CT molecular complexity index is 880. The van der Waals surface area contributed by atoms with Gasteiger partial charge in [-0.05, 0) is 29.7 Å². The van der Waals surface area contributed by atoms with Gasteiger partial charge in [0.25, 0.3) is 0 Å².